The van der Waals surface area contributed by atoms with E-state index in [4.69, 9.17) is 5.73 Å². The monoisotopic (exact) mass is 350 g/mol. The van der Waals surface area contributed by atoms with Crippen molar-refractivity contribution in [3.8, 4) is 0 Å². The first-order chi connectivity index (χ1) is 6.52. The Labute approximate surface area is 108 Å². The van der Waals surface area contributed by atoms with Crippen LogP contribution in [0.2, 0.25) is 0 Å². The Morgan fingerprint density at radius 1 is 1.40 bits per heavy atom. The van der Waals surface area contributed by atoms with Gasteiger partial charge in [-0.15, -0.1) is 24.0 Å². The van der Waals surface area contributed by atoms with Gasteiger partial charge in [-0.1, -0.05) is 0 Å². The van der Waals surface area contributed by atoms with E-state index in [9.17, 15) is 8.42 Å². The standard InChI is InChI=1S/C7H18N4O2S.HI/c1-3-14(12,13)11-6-4-5-10-7(8)9-2;/h11H,3-6H2,1-2H3,(H3,8,9,10);1H. The van der Waals surface area contributed by atoms with Crippen molar-refractivity contribution in [2.45, 2.75) is 13.3 Å². The van der Waals surface area contributed by atoms with E-state index in [0.717, 1.165) is 0 Å². The van der Waals surface area contributed by atoms with Gasteiger partial charge in [-0.05, 0) is 13.3 Å². The summed E-state index contributed by atoms with van der Waals surface area (Å²) < 4.78 is 24.4. The van der Waals surface area contributed by atoms with Gasteiger partial charge in [0.1, 0.15) is 0 Å². The molecule has 0 aliphatic rings. The highest BCUT2D eigenvalue weighted by Gasteiger charge is 2.03. The molecule has 15 heavy (non-hydrogen) atoms. The third kappa shape index (κ3) is 10.2. The summed E-state index contributed by atoms with van der Waals surface area (Å²) in [5.74, 6) is 0.474. The molecule has 0 aromatic carbocycles. The zero-order valence-corrected chi connectivity index (χ0v) is 12.1. The van der Waals surface area contributed by atoms with Crippen LogP contribution in [0.1, 0.15) is 13.3 Å². The first-order valence-electron chi connectivity index (χ1n) is 4.45. The maximum Gasteiger partial charge on any atom is 0.211 e. The fourth-order valence-corrected chi connectivity index (χ4v) is 1.37. The van der Waals surface area contributed by atoms with Gasteiger partial charge in [0.05, 0.1) is 5.75 Å². The summed E-state index contributed by atoms with van der Waals surface area (Å²) in [6, 6.07) is 0. The van der Waals surface area contributed by atoms with Gasteiger partial charge < -0.3 is 11.1 Å². The lowest BCUT2D eigenvalue weighted by atomic mass is 10.4. The zero-order valence-electron chi connectivity index (χ0n) is 8.99. The minimum absolute atomic E-state index is 0. The average molecular weight is 350 g/mol. The Hall–Kier alpha value is -0.0900. The molecule has 0 aliphatic heterocycles. The molecule has 0 amide bonds. The smallest absolute Gasteiger partial charge is 0.211 e. The Morgan fingerprint density at radius 3 is 2.47 bits per heavy atom. The molecule has 0 unspecified atom stereocenters. The number of nitrogens with zero attached hydrogens (tertiary/aromatic N) is 1. The van der Waals surface area contributed by atoms with Crippen molar-refractivity contribution in [1.82, 2.24) is 10.0 Å². The predicted molar refractivity (Wildman–Crippen MR) is 73.0 cm³/mol. The molecule has 8 heteroatoms. The molecule has 0 fully saturated rings. The molecule has 0 saturated carbocycles. The normalized spacial score (nSPS) is 12.0. The number of hydrogen-bond acceptors (Lipinski definition) is 3. The molecule has 0 aromatic heterocycles. The largest absolute Gasteiger partial charge is 0.370 e. The van der Waals surface area contributed by atoms with Crippen LogP contribution in [0.25, 0.3) is 0 Å². The number of aliphatic imine (C=N–C) groups is 1. The van der Waals surface area contributed by atoms with Crippen molar-refractivity contribution >= 4 is 40.0 Å². The summed E-state index contributed by atoms with van der Waals surface area (Å²) in [5.41, 5.74) is 5.37. The molecule has 0 aromatic rings. The van der Waals surface area contributed by atoms with Gasteiger partial charge in [-0.2, -0.15) is 0 Å². The number of halogens is 1. The van der Waals surface area contributed by atoms with E-state index in [1.54, 1.807) is 14.0 Å². The van der Waals surface area contributed by atoms with Crippen LogP contribution in [0, 0.1) is 0 Å². The number of rotatable bonds is 6. The van der Waals surface area contributed by atoms with Crippen molar-refractivity contribution < 1.29 is 8.42 Å². The highest BCUT2D eigenvalue weighted by molar-refractivity contribution is 14.0. The quantitative estimate of drug-likeness (QED) is 0.260. The van der Waals surface area contributed by atoms with E-state index in [1.165, 1.54) is 0 Å². The van der Waals surface area contributed by atoms with Gasteiger partial charge in [-0.3, -0.25) is 4.99 Å². The van der Waals surface area contributed by atoms with Crippen molar-refractivity contribution in [3.63, 3.8) is 0 Å². The first-order valence-corrected chi connectivity index (χ1v) is 6.10. The van der Waals surface area contributed by atoms with Crippen LogP contribution in [0.5, 0.6) is 0 Å². The molecular weight excluding hydrogens is 331 g/mol. The number of nitrogens with two attached hydrogens (primary N) is 1. The number of sulfonamides is 1. The Bertz CT molecular complexity index is 279. The van der Waals surface area contributed by atoms with E-state index in [-0.39, 0.29) is 29.7 Å². The molecule has 4 N–H and O–H groups in total. The molecule has 0 radical (unpaired) electrons. The Morgan fingerprint density at radius 2 is 2.00 bits per heavy atom. The summed E-state index contributed by atoms with van der Waals surface area (Å²) in [4.78, 5) is 3.70. The summed E-state index contributed by atoms with van der Waals surface area (Å²) in [6.45, 7) is 2.62. The SMILES string of the molecule is CCS(=O)(=O)NCCCNC(N)=NC.I. The van der Waals surface area contributed by atoms with Crippen LogP contribution in [-0.4, -0.2) is 40.3 Å². The topological polar surface area (TPSA) is 96.6 Å². The fraction of sp³-hybridized carbons (Fsp3) is 0.857. The molecule has 0 atom stereocenters. The van der Waals surface area contributed by atoms with Crippen molar-refractivity contribution in [2.75, 3.05) is 25.9 Å². The van der Waals surface area contributed by atoms with Crippen molar-refractivity contribution in [1.29, 1.82) is 0 Å². The molecule has 92 valence electrons. The van der Waals surface area contributed by atoms with Crippen molar-refractivity contribution in [3.05, 3.63) is 0 Å². The second-order valence-corrected chi connectivity index (χ2v) is 4.78. The maximum absolute atomic E-state index is 11.0. The van der Waals surface area contributed by atoms with Crippen LogP contribution in [0.4, 0.5) is 0 Å². The lowest BCUT2D eigenvalue weighted by Gasteiger charge is -2.05. The Kier molecular flexibility index (Phi) is 10.6. The van der Waals surface area contributed by atoms with Crippen LogP contribution in [0.15, 0.2) is 4.99 Å². The average Bonchev–Trinajstić information content (AvgIpc) is 2.17. The molecule has 0 bridgehead atoms. The molecule has 0 spiro atoms. The predicted octanol–water partition coefficient (Wildman–Crippen LogP) is -0.532. The van der Waals surface area contributed by atoms with Crippen LogP contribution >= 0.6 is 24.0 Å². The fourth-order valence-electron chi connectivity index (χ4n) is 0.714. The summed E-state index contributed by atoms with van der Waals surface area (Å²) in [6.07, 6.45) is 0.676. The maximum atomic E-state index is 11.0. The van der Waals surface area contributed by atoms with E-state index < -0.39 is 10.0 Å². The van der Waals surface area contributed by atoms with Gasteiger partial charge in [0.25, 0.3) is 0 Å². The minimum Gasteiger partial charge on any atom is -0.370 e. The summed E-state index contributed by atoms with van der Waals surface area (Å²) >= 11 is 0. The van der Waals surface area contributed by atoms with Crippen LogP contribution in [0.3, 0.4) is 0 Å². The molecule has 0 heterocycles. The molecule has 0 rings (SSSR count). The van der Waals surface area contributed by atoms with E-state index in [1.807, 2.05) is 0 Å². The number of guanidine groups is 1. The molecule has 0 saturated heterocycles. The van der Waals surface area contributed by atoms with E-state index in [0.29, 0.717) is 25.5 Å². The summed E-state index contributed by atoms with van der Waals surface area (Å²) in [7, 11) is -1.48. The lowest BCUT2D eigenvalue weighted by molar-refractivity contribution is 0.580. The number of hydrogen-bond donors (Lipinski definition) is 3. The third-order valence-corrected chi connectivity index (χ3v) is 3.01. The highest BCUT2D eigenvalue weighted by atomic mass is 127. The van der Waals surface area contributed by atoms with Gasteiger partial charge in [-0.25, -0.2) is 13.1 Å². The van der Waals surface area contributed by atoms with E-state index in [2.05, 4.69) is 15.0 Å². The lowest BCUT2D eigenvalue weighted by Crippen LogP contribution is -2.34. The summed E-state index contributed by atoms with van der Waals surface area (Å²) in [5, 5.41) is 2.83. The minimum atomic E-state index is -3.07. The second-order valence-electron chi connectivity index (χ2n) is 2.69. The van der Waals surface area contributed by atoms with Gasteiger partial charge in [0.15, 0.2) is 5.96 Å². The van der Waals surface area contributed by atoms with Gasteiger partial charge >= 0.3 is 0 Å². The van der Waals surface area contributed by atoms with Gasteiger partial charge in [0.2, 0.25) is 10.0 Å². The van der Waals surface area contributed by atoms with Gasteiger partial charge in [0, 0.05) is 20.1 Å². The second kappa shape index (κ2) is 9.16. The number of nitrogens with one attached hydrogen (secondary N) is 2. The Balaban J connectivity index is 0. The van der Waals surface area contributed by atoms with E-state index >= 15 is 0 Å². The molecule has 6 nitrogen and oxygen atoms in total. The first kappa shape index (κ1) is 17.3. The van der Waals surface area contributed by atoms with Crippen LogP contribution in [-0.2, 0) is 10.0 Å². The third-order valence-electron chi connectivity index (χ3n) is 1.60. The van der Waals surface area contributed by atoms with Crippen molar-refractivity contribution in [2.24, 2.45) is 10.7 Å². The molecular formula is C7H19IN4O2S. The molecule has 0 aliphatic carbocycles. The van der Waals surface area contributed by atoms with Crippen LogP contribution < -0.4 is 15.8 Å². The zero-order chi connectivity index (χ0) is 11.0. The highest BCUT2D eigenvalue weighted by Crippen LogP contribution is 1.82.